The van der Waals surface area contributed by atoms with Crippen molar-refractivity contribution in [3.05, 3.63) is 503 Å². The Bertz CT molecular complexity index is 7700. The molecule has 0 saturated heterocycles. The molecule has 6 aliphatic heterocycles. The van der Waals surface area contributed by atoms with Gasteiger partial charge in [0, 0.05) is 136 Å². The molecule has 8 nitrogen and oxygen atoms in total. The fraction of sp³-hybridized carbons (Fsp3) is 0.0407. The van der Waals surface area contributed by atoms with E-state index in [0.29, 0.717) is 0 Å². The third kappa shape index (κ3) is 13.8. The third-order valence-electron chi connectivity index (χ3n) is 27.5. The molecule has 0 atom stereocenters. The fourth-order valence-electron chi connectivity index (χ4n) is 21.7. The van der Waals surface area contributed by atoms with Crippen molar-refractivity contribution >= 4 is 217 Å². The molecule has 0 aliphatic carbocycles. The number of nitrogens with zero attached hydrogens (tertiary/aromatic N) is 8. The minimum absolute atomic E-state index is 0.0638. The lowest BCUT2D eigenvalue weighted by atomic mass is 9.33. The highest BCUT2D eigenvalue weighted by Crippen LogP contribution is 2.51. The summed E-state index contributed by atoms with van der Waals surface area (Å²) in [5.74, 6) is 0. The van der Waals surface area contributed by atoms with Crippen molar-refractivity contribution < 1.29 is 0 Å². The van der Waals surface area contributed by atoms with Gasteiger partial charge in [-0.1, -0.05) is 311 Å². The van der Waals surface area contributed by atoms with Gasteiger partial charge in [0.15, 0.2) is 0 Å². The average molecular weight is 1720 g/mol. The lowest BCUT2D eigenvalue weighted by Gasteiger charge is -2.44. The van der Waals surface area contributed by atoms with E-state index in [1.165, 1.54) is 151 Å². The second-order valence-corrected chi connectivity index (χ2v) is 36.3. The van der Waals surface area contributed by atoms with Crippen LogP contribution in [0.1, 0.15) is 31.9 Å². The molecular formula is C123H93B3N8. The predicted octanol–water partition coefficient (Wildman–Crippen LogP) is 27.0. The zero-order chi connectivity index (χ0) is 89.5. The Labute approximate surface area is 785 Å². The van der Waals surface area contributed by atoms with E-state index in [4.69, 9.17) is 0 Å². The van der Waals surface area contributed by atoms with Crippen LogP contribution in [0.4, 0.5) is 136 Å². The van der Waals surface area contributed by atoms with E-state index in [2.05, 4.69) is 558 Å². The number of rotatable bonds is 12. The summed E-state index contributed by atoms with van der Waals surface area (Å²) in [7, 11) is 0. The molecule has 0 bridgehead atoms. The van der Waals surface area contributed by atoms with Crippen LogP contribution in [0.5, 0.6) is 0 Å². The second kappa shape index (κ2) is 33.6. The maximum atomic E-state index is 2.49. The number of fused-ring (bicyclic) bond motifs is 14. The molecule has 0 spiro atoms. The first-order chi connectivity index (χ1) is 66.1. The van der Waals surface area contributed by atoms with Crippen LogP contribution in [-0.2, 0) is 5.41 Å². The van der Waals surface area contributed by atoms with Gasteiger partial charge in [-0.3, -0.25) is 0 Å². The smallest absolute Gasteiger partial charge is 0.252 e. The van der Waals surface area contributed by atoms with E-state index in [1.54, 1.807) is 0 Å². The standard InChI is InChI=1S/C46H38BN3.C43H32BN3.C34H23BN2/c1-46(2,3)33-26-28-37(29-27-33)50-43-25-15-24-42-45(43)47(39-22-13-14-23-41(39)49(42)36-20-11-6-12-21-36)40-31-30-38(32-44(40)50)48(34-16-7-4-8-17-34)35-18-9-5-10-19-35;1-31-24-26-35(27-25-31)47-41-23-13-22-40-43(41)44(37-20-11-12-21-39(37)46(40)34-18-9-4-10-19-34)38-29-28-36(30-42(38)47)45(32-14-5-2-6-15-32)33-16-7-3-8-17-33;1-3-13-25(14-4-1)36-29-19-10-9-18-28(29)35-33-27-17-8-7-12-24(27)22-23-32(33)37(26-15-5-2-6-16-26)31-21-11-20-30(36)34(31)35/h4-32H,1-3H3;2-30H,1H3;1-23H. The molecule has 0 aromatic heterocycles. The maximum absolute atomic E-state index is 2.49. The van der Waals surface area contributed by atoms with Crippen LogP contribution in [0.3, 0.4) is 0 Å². The molecule has 0 N–H and O–H groups in total. The first-order valence-electron chi connectivity index (χ1n) is 46.6. The van der Waals surface area contributed by atoms with Crippen molar-refractivity contribution in [3.63, 3.8) is 0 Å². The molecule has 20 aromatic carbocycles. The van der Waals surface area contributed by atoms with Crippen LogP contribution in [-0.4, -0.2) is 20.1 Å². The van der Waals surface area contributed by atoms with Crippen molar-refractivity contribution in [2.75, 3.05) is 39.2 Å². The molecule has 6 aliphatic rings. The second-order valence-electron chi connectivity index (χ2n) is 36.3. The monoisotopic (exact) mass is 1710 g/mol. The lowest BCUT2D eigenvalue weighted by Crippen LogP contribution is -2.61. The lowest BCUT2D eigenvalue weighted by molar-refractivity contribution is 0.590. The summed E-state index contributed by atoms with van der Waals surface area (Å²) in [6.07, 6.45) is 0. The largest absolute Gasteiger partial charge is 0.311 e. The summed E-state index contributed by atoms with van der Waals surface area (Å²) < 4.78 is 0. The van der Waals surface area contributed by atoms with E-state index >= 15 is 0 Å². The van der Waals surface area contributed by atoms with Crippen molar-refractivity contribution in [3.8, 4) is 0 Å². The number of anilines is 24. The molecule has 11 heteroatoms. The first kappa shape index (κ1) is 80.6. The Morgan fingerprint density at radius 1 is 0.187 bits per heavy atom. The molecule has 134 heavy (non-hydrogen) atoms. The van der Waals surface area contributed by atoms with Crippen molar-refractivity contribution in [2.45, 2.75) is 33.1 Å². The highest BCUT2D eigenvalue weighted by molar-refractivity contribution is 7.02. The van der Waals surface area contributed by atoms with E-state index < -0.39 is 0 Å². The summed E-state index contributed by atoms with van der Waals surface area (Å²) >= 11 is 0. The summed E-state index contributed by atoms with van der Waals surface area (Å²) in [6, 6.07) is 179. The molecule has 0 amide bonds. The summed E-state index contributed by atoms with van der Waals surface area (Å²) in [6.45, 7) is 9.29. The zero-order valence-corrected chi connectivity index (χ0v) is 75.1. The molecule has 20 aromatic rings. The van der Waals surface area contributed by atoms with Crippen LogP contribution in [0.25, 0.3) is 10.8 Å². The first-order valence-corrected chi connectivity index (χ1v) is 46.6. The topological polar surface area (TPSA) is 25.9 Å². The molecular weight excluding hydrogens is 1620 g/mol. The van der Waals surface area contributed by atoms with Gasteiger partial charge < -0.3 is 39.2 Å². The van der Waals surface area contributed by atoms with Crippen LogP contribution in [0.2, 0.25) is 0 Å². The normalized spacial score (nSPS) is 12.9. The predicted molar refractivity (Wildman–Crippen MR) is 572 cm³/mol. The van der Waals surface area contributed by atoms with Crippen molar-refractivity contribution in [1.29, 1.82) is 0 Å². The van der Waals surface area contributed by atoms with Crippen molar-refractivity contribution in [2.24, 2.45) is 0 Å². The van der Waals surface area contributed by atoms with Crippen LogP contribution < -0.4 is 88.4 Å². The van der Waals surface area contributed by atoms with Gasteiger partial charge >= 0.3 is 0 Å². The van der Waals surface area contributed by atoms with Gasteiger partial charge in [-0.2, -0.15) is 0 Å². The summed E-state index contributed by atoms with van der Waals surface area (Å²) in [5.41, 5.74) is 43.0. The van der Waals surface area contributed by atoms with Gasteiger partial charge in [0.05, 0.1) is 0 Å². The Hall–Kier alpha value is -16.7. The molecule has 6 heterocycles. The number of benzene rings is 20. The highest BCUT2D eigenvalue weighted by atomic mass is 15.2. The Kier molecular flexibility index (Phi) is 20.2. The Morgan fingerprint density at radius 3 is 0.806 bits per heavy atom. The molecule has 0 unspecified atom stereocenters. The minimum atomic E-state index is 0.0638. The third-order valence-corrected chi connectivity index (χ3v) is 27.5. The van der Waals surface area contributed by atoms with E-state index in [1.807, 2.05) is 0 Å². The Morgan fingerprint density at radius 2 is 0.448 bits per heavy atom. The van der Waals surface area contributed by atoms with Gasteiger partial charge in [0.25, 0.3) is 20.1 Å². The van der Waals surface area contributed by atoms with Gasteiger partial charge in [-0.25, -0.2) is 0 Å². The van der Waals surface area contributed by atoms with Crippen molar-refractivity contribution in [1.82, 2.24) is 0 Å². The van der Waals surface area contributed by atoms with Gasteiger partial charge in [-0.15, -0.1) is 0 Å². The molecule has 0 fully saturated rings. The van der Waals surface area contributed by atoms with Gasteiger partial charge in [0.2, 0.25) is 0 Å². The maximum Gasteiger partial charge on any atom is 0.252 e. The Balaban J connectivity index is 0.000000112. The molecule has 0 saturated carbocycles. The molecule has 26 rings (SSSR count). The van der Waals surface area contributed by atoms with E-state index in [0.717, 1.165) is 56.9 Å². The average Bonchev–Trinajstić information content (AvgIpc) is 0.707. The number of hydrogen-bond acceptors (Lipinski definition) is 8. The number of hydrogen-bond donors (Lipinski definition) is 0. The SMILES string of the molecule is CC(C)(C)c1ccc(N2c3cc(N(c4ccccc4)c4ccccc4)ccc3B3c4ccccc4N(c4ccccc4)c4cccc2c43)cc1.Cc1ccc(N2c3cc(N(c4ccccc4)c4ccccc4)ccc3B3c4ccccc4N(c4ccccc4)c4cccc2c43)cc1.c1ccc(N2c3ccccc3B3c4c2cccc4N(c2ccccc2)c2ccc4ccccc4c23)cc1. The number of aryl methyl sites for hydroxylation is 1. The minimum Gasteiger partial charge on any atom is -0.311 e. The van der Waals surface area contributed by atoms with Crippen LogP contribution in [0.15, 0.2) is 491 Å². The molecule has 634 valence electrons. The fourth-order valence-corrected chi connectivity index (χ4v) is 21.7. The molecule has 0 radical (unpaired) electrons. The highest BCUT2D eigenvalue weighted by Gasteiger charge is 2.48. The van der Waals surface area contributed by atoms with Gasteiger partial charge in [-0.05, 0) is 284 Å². The quantitative estimate of drug-likeness (QED) is 0.112. The summed E-state index contributed by atoms with van der Waals surface area (Å²) in [4.78, 5) is 19.4. The number of para-hydroxylation sites is 11. The van der Waals surface area contributed by atoms with Gasteiger partial charge in [0.1, 0.15) is 0 Å². The van der Waals surface area contributed by atoms with Crippen LogP contribution in [0, 0.1) is 6.92 Å². The summed E-state index contributed by atoms with van der Waals surface area (Å²) in [5, 5.41) is 2.59. The van der Waals surface area contributed by atoms with Crippen LogP contribution >= 0.6 is 0 Å². The van der Waals surface area contributed by atoms with E-state index in [-0.39, 0.29) is 25.6 Å². The zero-order valence-electron chi connectivity index (χ0n) is 75.1. The van der Waals surface area contributed by atoms with E-state index in [9.17, 15) is 0 Å².